The average molecular weight is 453 g/mol. The van der Waals surface area contributed by atoms with Gasteiger partial charge in [0, 0.05) is 28.8 Å². The number of aryl methyl sites for hydroxylation is 1. The lowest BCUT2D eigenvalue weighted by Gasteiger charge is -2.30. The molecule has 1 aliphatic rings. The number of halogens is 1. The van der Waals surface area contributed by atoms with E-state index in [0.717, 1.165) is 45.4 Å². The number of nitrogens with two attached hydrogens (primary N) is 1. The molecule has 0 amide bonds. The van der Waals surface area contributed by atoms with Gasteiger partial charge in [-0.1, -0.05) is 11.6 Å². The fourth-order valence-electron chi connectivity index (χ4n) is 3.67. The van der Waals surface area contributed by atoms with E-state index in [-0.39, 0.29) is 6.04 Å². The first kappa shape index (κ1) is 18.5. The van der Waals surface area contributed by atoms with Gasteiger partial charge in [-0.05, 0) is 48.0 Å². The molecule has 1 fully saturated rings. The molecule has 0 aliphatic carbocycles. The van der Waals surface area contributed by atoms with Crippen LogP contribution in [0.3, 0.4) is 0 Å². The number of hydrogen-bond donors (Lipinski definition) is 2. The Morgan fingerprint density at radius 1 is 1.28 bits per heavy atom. The molecule has 1 aromatic carbocycles. The largest absolute Gasteiger partial charge is 0.383 e. The van der Waals surface area contributed by atoms with Gasteiger partial charge < -0.3 is 15.8 Å². The van der Waals surface area contributed by atoms with E-state index in [1.807, 2.05) is 12.3 Å². The maximum atomic E-state index is 6.38. The van der Waals surface area contributed by atoms with Crippen molar-refractivity contribution in [1.29, 1.82) is 0 Å². The van der Waals surface area contributed by atoms with Gasteiger partial charge >= 0.3 is 0 Å². The number of fused-ring (bicyclic) bond motifs is 2. The minimum absolute atomic E-state index is 0.0192. The van der Waals surface area contributed by atoms with E-state index in [0.29, 0.717) is 17.5 Å². The van der Waals surface area contributed by atoms with Crippen LogP contribution in [-0.2, 0) is 4.74 Å². The van der Waals surface area contributed by atoms with Crippen LogP contribution in [0.15, 0.2) is 41.1 Å². The third kappa shape index (κ3) is 3.17. The highest BCUT2D eigenvalue weighted by Crippen LogP contribution is 2.33. The number of hydrogen-bond acceptors (Lipinski definition) is 6. The zero-order chi connectivity index (χ0) is 20.1. The molecular formula is C21H21BrN6O. The molecule has 1 atom stereocenters. The minimum Gasteiger partial charge on any atom is -0.383 e. The van der Waals surface area contributed by atoms with Gasteiger partial charge in [0.05, 0.1) is 41.1 Å². The molecule has 3 N–H and O–H groups in total. The van der Waals surface area contributed by atoms with Crippen LogP contribution in [0.25, 0.3) is 27.7 Å². The van der Waals surface area contributed by atoms with Gasteiger partial charge in [0.2, 0.25) is 0 Å². The van der Waals surface area contributed by atoms with Crippen LogP contribution in [0, 0.1) is 6.92 Å². The average Bonchev–Trinajstić information content (AvgIpc) is 3.10. The van der Waals surface area contributed by atoms with Crippen LogP contribution in [0.1, 0.15) is 24.2 Å². The molecule has 0 radical (unpaired) electrons. The van der Waals surface area contributed by atoms with Gasteiger partial charge in [0.15, 0.2) is 5.65 Å². The third-order valence-electron chi connectivity index (χ3n) is 5.33. The van der Waals surface area contributed by atoms with Gasteiger partial charge in [-0.25, -0.2) is 4.98 Å². The Hall–Kier alpha value is -2.55. The Kier molecular flexibility index (Phi) is 4.49. The number of anilines is 1. The first-order valence-electron chi connectivity index (χ1n) is 9.54. The predicted molar refractivity (Wildman–Crippen MR) is 117 cm³/mol. The number of rotatable bonds is 4. The molecule has 1 unspecified atom stereocenters. The summed E-state index contributed by atoms with van der Waals surface area (Å²) in [6.45, 7) is 5.60. The molecule has 3 aromatic heterocycles. The van der Waals surface area contributed by atoms with Crippen molar-refractivity contribution in [3.8, 4) is 11.1 Å². The summed E-state index contributed by atoms with van der Waals surface area (Å²) in [5.74, 6) is 0.527. The molecular weight excluding hydrogens is 432 g/mol. The lowest BCUT2D eigenvalue weighted by atomic mass is 10.1. The summed E-state index contributed by atoms with van der Waals surface area (Å²) in [5.41, 5.74) is 12.0. The van der Waals surface area contributed by atoms with E-state index < -0.39 is 0 Å². The van der Waals surface area contributed by atoms with Gasteiger partial charge in [0.25, 0.3) is 0 Å². The maximum Gasteiger partial charge on any atom is 0.165 e. The molecule has 4 heterocycles. The van der Waals surface area contributed by atoms with Crippen molar-refractivity contribution in [2.75, 3.05) is 18.9 Å². The molecule has 148 valence electrons. The van der Waals surface area contributed by atoms with E-state index in [1.165, 1.54) is 5.56 Å². The van der Waals surface area contributed by atoms with Crippen LogP contribution in [0.2, 0.25) is 0 Å². The van der Waals surface area contributed by atoms with E-state index in [9.17, 15) is 0 Å². The highest BCUT2D eigenvalue weighted by Gasteiger charge is 2.25. The number of ether oxygens (including phenoxy) is 1. The standard InChI is InChI=1S/C21H21BrN6O/c1-11-3-4-17-13(5-11)6-14(7-24-17)16-8-25-28-20(23)18(22)19(27-21(16)28)12(2)26-15-9-29-10-15/h3-8,12,15,26H,9-10,23H2,1-2H3. The van der Waals surface area contributed by atoms with Crippen LogP contribution in [-0.4, -0.2) is 38.8 Å². The van der Waals surface area contributed by atoms with E-state index in [2.05, 4.69) is 63.4 Å². The van der Waals surface area contributed by atoms with Crippen molar-refractivity contribution in [3.63, 3.8) is 0 Å². The van der Waals surface area contributed by atoms with Crippen molar-refractivity contribution in [2.45, 2.75) is 25.9 Å². The minimum atomic E-state index is 0.0192. The summed E-state index contributed by atoms with van der Waals surface area (Å²) in [7, 11) is 0. The monoisotopic (exact) mass is 452 g/mol. The molecule has 8 heteroatoms. The van der Waals surface area contributed by atoms with Crippen LogP contribution in [0.4, 0.5) is 5.82 Å². The number of benzene rings is 1. The summed E-state index contributed by atoms with van der Waals surface area (Å²) in [6, 6.07) is 8.72. The fourth-order valence-corrected chi connectivity index (χ4v) is 4.27. The fraction of sp³-hybridized carbons (Fsp3) is 0.286. The first-order valence-corrected chi connectivity index (χ1v) is 10.3. The van der Waals surface area contributed by atoms with Crippen molar-refractivity contribution in [2.24, 2.45) is 0 Å². The molecule has 5 rings (SSSR count). The predicted octanol–water partition coefficient (Wildman–Crippen LogP) is 3.65. The molecule has 1 aliphatic heterocycles. The zero-order valence-electron chi connectivity index (χ0n) is 16.2. The Bertz CT molecular complexity index is 1230. The number of nitrogens with one attached hydrogen (secondary N) is 1. The van der Waals surface area contributed by atoms with Crippen LogP contribution in [0.5, 0.6) is 0 Å². The van der Waals surface area contributed by atoms with Crippen molar-refractivity contribution >= 4 is 38.3 Å². The Balaban J connectivity index is 1.63. The van der Waals surface area contributed by atoms with Crippen molar-refractivity contribution < 1.29 is 4.74 Å². The van der Waals surface area contributed by atoms with Gasteiger partial charge in [-0.3, -0.25) is 4.98 Å². The van der Waals surface area contributed by atoms with Gasteiger partial charge in [-0.15, -0.1) is 0 Å². The van der Waals surface area contributed by atoms with E-state index >= 15 is 0 Å². The quantitative estimate of drug-likeness (QED) is 0.491. The topological polar surface area (TPSA) is 90.4 Å². The third-order valence-corrected chi connectivity index (χ3v) is 6.14. The highest BCUT2D eigenvalue weighted by atomic mass is 79.9. The number of nitrogens with zero attached hydrogens (tertiary/aromatic N) is 4. The number of aromatic nitrogens is 4. The molecule has 0 saturated carbocycles. The molecule has 7 nitrogen and oxygen atoms in total. The van der Waals surface area contributed by atoms with Crippen LogP contribution < -0.4 is 11.1 Å². The van der Waals surface area contributed by atoms with Crippen molar-refractivity contribution in [1.82, 2.24) is 24.9 Å². The summed E-state index contributed by atoms with van der Waals surface area (Å²) < 4.78 is 7.69. The van der Waals surface area contributed by atoms with Gasteiger partial charge in [0.1, 0.15) is 5.82 Å². The smallest absolute Gasteiger partial charge is 0.165 e. The summed E-state index contributed by atoms with van der Waals surface area (Å²) >= 11 is 3.61. The highest BCUT2D eigenvalue weighted by molar-refractivity contribution is 9.10. The first-order chi connectivity index (χ1) is 14.0. The van der Waals surface area contributed by atoms with Crippen molar-refractivity contribution in [3.05, 3.63) is 52.4 Å². The molecule has 0 spiro atoms. The summed E-state index contributed by atoms with van der Waals surface area (Å²) in [5, 5.41) is 9.09. The Morgan fingerprint density at radius 3 is 2.86 bits per heavy atom. The Morgan fingerprint density at radius 2 is 2.10 bits per heavy atom. The van der Waals surface area contributed by atoms with Gasteiger partial charge in [-0.2, -0.15) is 9.61 Å². The maximum absolute atomic E-state index is 6.38. The van der Waals surface area contributed by atoms with E-state index in [4.69, 9.17) is 15.5 Å². The summed E-state index contributed by atoms with van der Waals surface area (Å²) in [4.78, 5) is 9.53. The molecule has 4 aromatic rings. The Labute approximate surface area is 176 Å². The molecule has 0 bridgehead atoms. The lowest BCUT2D eigenvalue weighted by molar-refractivity contribution is -0.00946. The second kappa shape index (κ2) is 7.05. The SMILES string of the molecule is Cc1ccc2ncc(-c3cnn4c(N)c(Br)c(C(C)NC5COC5)nc34)cc2c1. The molecule has 29 heavy (non-hydrogen) atoms. The van der Waals surface area contributed by atoms with E-state index in [1.54, 1.807) is 10.7 Å². The second-order valence-electron chi connectivity index (χ2n) is 7.53. The lowest BCUT2D eigenvalue weighted by Crippen LogP contribution is -2.47. The normalized spacial score (nSPS) is 15.7. The molecule has 1 saturated heterocycles. The number of pyridine rings is 1. The zero-order valence-corrected chi connectivity index (χ0v) is 17.8. The second-order valence-corrected chi connectivity index (χ2v) is 8.33. The number of nitrogen functional groups attached to an aromatic ring is 1. The van der Waals surface area contributed by atoms with Crippen LogP contribution >= 0.6 is 15.9 Å². The summed E-state index contributed by atoms with van der Waals surface area (Å²) in [6.07, 6.45) is 3.66.